The molecular formula is C16H32N2O. The van der Waals surface area contributed by atoms with E-state index >= 15 is 0 Å². The second kappa shape index (κ2) is 6.55. The average Bonchev–Trinajstić information content (AvgIpc) is 2.33. The molecule has 0 atom stereocenters. The topological polar surface area (TPSA) is 24.5 Å². The summed E-state index contributed by atoms with van der Waals surface area (Å²) >= 11 is 0. The molecule has 112 valence electrons. The summed E-state index contributed by atoms with van der Waals surface area (Å²) in [4.78, 5) is 2.67. The first-order chi connectivity index (χ1) is 9.05. The van der Waals surface area contributed by atoms with Crippen molar-refractivity contribution in [3.63, 3.8) is 0 Å². The highest BCUT2D eigenvalue weighted by molar-refractivity contribution is 5.03. The lowest BCUT2D eigenvalue weighted by atomic mass is 9.77. The van der Waals surface area contributed by atoms with Crippen molar-refractivity contribution in [1.82, 2.24) is 10.2 Å². The van der Waals surface area contributed by atoms with E-state index in [2.05, 4.69) is 31.0 Å². The van der Waals surface area contributed by atoms with Gasteiger partial charge in [0.25, 0.3) is 0 Å². The van der Waals surface area contributed by atoms with Crippen LogP contribution in [0.25, 0.3) is 0 Å². The molecule has 19 heavy (non-hydrogen) atoms. The van der Waals surface area contributed by atoms with Crippen LogP contribution in [0.4, 0.5) is 0 Å². The van der Waals surface area contributed by atoms with Crippen molar-refractivity contribution >= 4 is 0 Å². The Kier molecular flexibility index (Phi) is 5.27. The second-order valence-corrected chi connectivity index (χ2v) is 7.11. The lowest BCUT2D eigenvalue weighted by molar-refractivity contribution is 0.0308. The molecule has 1 spiro atoms. The Bertz CT molecular complexity index is 272. The fourth-order valence-electron chi connectivity index (χ4n) is 4.04. The largest absolute Gasteiger partial charge is 0.382 e. The maximum absolute atomic E-state index is 5.47. The van der Waals surface area contributed by atoms with E-state index in [9.17, 15) is 0 Å². The monoisotopic (exact) mass is 268 g/mol. The Balaban J connectivity index is 1.89. The molecule has 1 aliphatic carbocycles. The predicted octanol–water partition coefficient (Wildman–Crippen LogP) is 2.80. The number of hydrogen-bond acceptors (Lipinski definition) is 3. The van der Waals surface area contributed by atoms with Crippen LogP contribution in [0.2, 0.25) is 0 Å². The van der Waals surface area contributed by atoms with Crippen LogP contribution in [0.15, 0.2) is 0 Å². The Morgan fingerprint density at radius 2 is 1.84 bits per heavy atom. The molecule has 0 bridgehead atoms. The van der Waals surface area contributed by atoms with Crippen molar-refractivity contribution in [3.8, 4) is 0 Å². The summed E-state index contributed by atoms with van der Waals surface area (Å²) in [7, 11) is 0. The molecule has 1 saturated heterocycles. The van der Waals surface area contributed by atoms with Gasteiger partial charge in [0.15, 0.2) is 0 Å². The van der Waals surface area contributed by atoms with Gasteiger partial charge in [-0.25, -0.2) is 0 Å². The van der Waals surface area contributed by atoms with Gasteiger partial charge in [0.2, 0.25) is 0 Å². The third kappa shape index (κ3) is 4.44. The Morgan fingerprint density at radius 1 is 1.11 bits per heavy atom. The number of rotatable bonds is 5. The maximum Gasteiger partial charge on any atom is 0.0478 e. The highest BCUT2D eigenvalue weighted by atomic mass is 16.5. The van der Waals surface area contributed by atoms with E-state index in [4.69, 9.17) is 4.74 Å². The van der Waals surface area contributed by atoms with Crippen LogP contribution in [0.3, 0.4) is 0 Å². The van der Waals surface area contributed by atoms with E-state index in [0.717, 1.165) is 13.2 Å². The minimum atomic E-state index is 0.251. The number of piperazine rings is 1. The van der Waals surface area contributed by atoms with Gasteiger partial charge >= 0.3 is 0 Å². The van der Waals surface area contributed by atoms with Gasteiger partial charge < -0.3 is 10.1 Å². The summed E-state index contributed by atoms with van der Waals surface area (Å²) in [5.41, 5.74) is 0.646. The van der Waals surface area contributed by atoms with Crippen molar-refractivity contribution in [1.29, 1.82) is 0 Å². The quantitative estimate of drug-likeness (QED) is 0.776. The third-order valence-corrected chi connectivity index (χ3v) is 4.53. The number of nitrogens with one attached hydrogen (secondary N) is 1. The summed E-state index contributed by atoms with van der Waals surface area (Å²) in [6, 6.07) is 0. The molecule has 1 aliphatic heterocycles. The molecular weight excluding hydrogens is 236 g/mol. The molecule has 0 aromatic heterocycles. The lowest BCUT2D eigenvalue weighted by Gasteiger charge is -2.53. The Morgan fingerprint density at radius 3 is 2.53 bits per heavy atom. The first kappa shape index (κ1) is 15.3. The average molecular weight is 268 g/mol. The normalized spacial score (nSPS) is 26.7. The van der Waals surface area contributed by atoms with Crippen LogP contribution in [0.5, 0.6) is 0 Å². The lowest BCUT2D eigenvalue weighted by Crippen LogP contribution is -2.69. The first-order valence-electron chi connectivity index (χ1n) is 8.15. The van der Waals surface area contributed by atoms with Gasteiger partial charge in [0, 0.05) is 43.9 Å². The number of nitrogens with zero attached hydrogens (tertiary/aromatic N) is 1. The molecule has 3 heteroatoms. The summed E-state index contributed by atoms with van der Waals surface area (Å²) in [6.07, 6.45) is 8.11. The minimum Gasteiger partial charge on any atom is -0.382 e. The summed E-state index contributed by atoms with van der Waals surface area (Å²) in [6.45, 7) is 12.1. The molecule has 2 aliphatic rings. The molecule has 0 aromatic carbocycles. The van der Waals surface area contributed by atoms with Crippen molar-refractivity contribution in [3.05, 3.63) is 0 Å². The van der Waals surface area contributed by atoms with Crippen molar-refractivity contribution in [2.45, 2.75) is 70.4 Å². The second-order valence-electron chi connectivity index (χ2n) is 7.11. The summed E-state index contributed by atoms with van der Waals surface area (Å²) < 4.78 is 5.47. The molecule has 1 N–H and O–H groups in total. The van der Waals surface area contributed by atoms with Gasteiger partial charge in [0.05, 0.1) is 0 Å². The van der Waals surface area contributed by atoms with E-state index in [1.165, 1.54) is 58.2 Å². The van der Waals surface area contributed by atoms with Crippen molar-refractivity contribution in [2.75, 3.05) is 32.8 Å². The van der Waals surface area contributed by atoms with Gasteiger partial charge in [-0.2, -0.15) is 0 Å². The molecule has 2 rings (SSSR count). The summed E-state index contributed by atoms with van der Waals surface area (Å²) in [5.74, 6) is 0. The zero-order valence-electron chi connectivity index (χ0n) is 13.1. The number of ether oxygens (including phenoxy) is 1. The highest BCUT2D eigenvalue weighted by Gasteiger charge is 2.42. The molecule has 0 radical (unpaired) electrons. The molecule has 0 amide bonds. The van der Waals surface area contributed by atoms with Crippen LogP contribution in [0.1, 0.15) is 59.3 Å². The molecule has 3 nitrogen and oxygen atoms in total. The molecule has 1 heterocycles. The van der Waals surface area contributed by atoms with Gasteiger partial charge in [-0.1, -0.05) is 19.3 Å². The van der Waals surface area contributed by atoms with Crippen LogP contribution in [-0.4, -0.2) is 48.8 Å². The zero-order chi connectivity index (χ0) is 13.8. The molecule has 0 unspecified atom stereocenters. The van der Waals surface area contributed by atoms with Crippen LogP contribution in [0, 0.1) is 0 Å². The van der Waals surface area contributed by atoms with Crippen LogP contribution >= 0.6 is 0 Å². The van der Waals surface area contributed by atoms with Crippen LogP contribution in [-0.2, 0) is 4.74 Å². The van der Waals surface area contributed by atoms with Crippen molar-refractivity contribution in [2.24, 2.45) is 0 Å². The minimum absolute atomic E-state index is 0.251. The summed E-state index contributed by atoms with van der Waals surface area (Å²) in [5, 5.41) is 3.97. The third-order valence-electron chi connectivity index (χ3n) is 4.53. The van der Waals surface area contributed by atoms with Gasteiger partial charge in [-0.15, -0.1) is 0 Å². The zero-order valence-corrected chi connectivity index (χ0v) is 13.1. The number of hydrogen-bond donors (Lipinski definition) is 1. The van der Waals surface area contributed by atoms with Gasteiger partial charge in [-0.3, -0.25) is 4.90 Å². The van der Waals surface area contributed by atoms with Gasteiger partial charge in [0.1, 0.15) is 0 Å². The Hall–Kier alpha value is -0.120. The molecule has 2 fully saturated rings. The molecule has 1 saturated carbocycles. The molecule has 0 aromatic rings. The fraction of sp³-hybridized carbons (Fsp3) is 1.00. The van der Waals surface area contributed by atoms with E-state index < -0.39 is 0 Å². The maximum atomic E-state index is 5.47. The van der Waals surface area contributed by atoms with E-state index in [1.54, 1.807) is 0 Å². The van der Waals surface area contributed by atoms with E-state index in [0.29, 0.717) is 5.54 Å². The Labute approximate surface area is 119 Å². The standard InChI is InChI=1S/C16H32N2O/c1-4-19-12-8-11-18-13-15(2,3)17-16(14-18)9-6-5-7-10-16/h17H,4-14H2,1-3H3. The van der Waals surface area contributed by atoms with Crippen LogP contribution < -0.4 is 5.32 Å². The van der Waals surface area contributed by atoms with E-state index in [1.807, 2.05) is 0 Å². The van der Waals surface area contributed by atoms with Gasteiger partial charge in [-0.05, 0) is 40.0 Å². The van der Waals surface area contributed by atoms with E-state index in [-0.39, 0.29) is 5.54 Å². The first-order valence-corrected chi connectivity index (χ1v) is 8.15. The van der Waals surface area contributed by atoms with Crippen molar-refractivity contribution < 1.29 is 4.74 Å². The predicted molar refractivity (Wildman–Crippen MR) is 80.6 cm³/mol. The SMILES string of the molecule is CCOCCCN1CC(C)(C)NC2(CCCCC2)C1. The highest BCUT2D eigenvalue weighted by Crippen LogP contribution is 2.34. The fourth-order valence-corrected chi connectivity index (χ4v) is 4.04. The smallest absolute Gasteiger partial charge is 0.0478 e.